The number of hydrogen-bond acceptors (Lipinski definition) is 3. The van der Waals surface area contributed by atoms with Crippen molar-refractivity contribution in [3.8, 4) is 0 Å². The van der Waals surface area contributed by atoms with E-state index in [1.165, 1.54) is 32.4 Å². The zero-order valence-corrected chi connectivity index (χ0v) is 17.0. The van der Waals surface area contributed by atoms with Crippen LogP contribution in [0, 0.1) is 18.3 Å². The summed E-state index contributed by atoms with van der Waals surface area (Å²) in [6, 6.07) is 7.96. The fourth-order valence-corrected chi connectivity index (χ4v) is 5.25. The Morgan fingerprint density at radius 3 is 2.81 bits per heavy atom. The number of rotatable bonds is 3. The molecular formula is C23H34N2O2. The minimum atomic E-state index is 0.186. The molecule has 0 radical (unpaired) electrons. The lowest BCUT2D eigenvalue weighted by Gasteiger charge is -2.38. The van der Waals surface area contributed by atoms with E-state index in [4.69, 9.17) is 4.74 Å². The van der Waals surface area contributed by atoms with Crippen molar-refractivity contribution in [2.45, 2.75) is 52.1 Å². The summed E-state index contributed by atoms with van der Waals surface area (Å²) in [4.78, 5) is 17.4. The van der Waals surface area contributed by atoms with Gasteiger partial charge < -0.3 is 14.5 Å². The third kappa shape index (κ3) is 4.38. The maximum atomic E-state index is 12.8. The van der Waals surface area contributed by atoms with Crippen molar-refractivity contribution in [1.29, 1.82) is 0 Å². The molecule has 3 aliphatic heterocycles. The van der Waals surface area contributed by atoms with Crippen LogP contribution >= 0.6 is 0 Å². The first-order valence-electron chi connectivity index (χ1n) is 10.7. The predicted molar refractivity (Wildman–Crippen MR) is 108 cm³/mol. The molecule has 3 saturated heterocycles. The molecule has 3 fully saturated rings. The number of aryl methyl sites for hydroxylation is 1. The Hall–Kier alpha value is -1.39. The van der Waals surface area contributed by atoms with E-state index in [2.05, 4.69) is 11.8 Å². The molecule has 0 aromatic heterocycles. The third-order valence-electron chi connectivity index (χ3n) is 6.87. The van der Waals surface area contributed by atoms with Crippen LogP contribution in [0.15, 0.2) is 24.3 Å². The van der Waals surface area contributed by atoms with Crippen molar-refractivity contribution in [3.05, 3.63) is 35.4 Å². The Morgan fingerprint density at radius 1 is 1.26 bits per heavy atom. The maximum Gasteiger partial charge on any atom is 0.253 e. The molecule has 2 atom stereocenters. The summed E-state index contributed by atoms with van der Waals surface area (Å²) in [6.07, 6.45) is 6.42. The quantitative estimate of drug-likeness (QED) is 0.813. The lowest BCUT2D eigenvalue weighted by molar-refractivity contribution is 0.0402. The fourth-order valence-electron chi connectivity index (χ4n) is 5.25. The predicted octanol–water partition coefficient (Wildman–Crippen LogP) is 3.74. The third-order valence-corrected chi connectivity index (χ3v) is 6.87. The van der Waals surface area contributed by atoms with Crippen molar-refractivity contribution >= 4 is 5.91 Å². The van der Waals surface area contributed by atoms with Crippen LogP contribution in [0.25, 0.3) is 0 Å². The van der Waals surface area contributed by atoms with E-state index in [0.29, 0.717) is 11.5 Å². The molecule has 4 rings (SSSR count). The molecule has 3 heterocycles. The van der Waals surface area contributed by atoms with Gasteiger partial charge >= 0.3 is 0 Å². The monoisotopic (exact) mass is 370 g/mol. The maximum absolute atomic E-state index is 12.8. The van der Waals surface area contributed by atoms with E-state index < -0.39 is 0 Å². The highest BCUT2D eigenvalue weighted by molar-refractivity contribution is 5.94. The fraction of sp³-hybridized carbons (Fsp3) is 0.696. The number of piperidine rings is 2. The van der Waals surface area contributed by atoms with Crippen LogP contribution in [0.3, 0.4) is 0 Å². The zero-order chi connectivity index (χ0) is 18.9. The highest BCUT2D eigenvalue weighted by atomic mass is 16.5. The average Bonchev–Trinajstić information content (AvgIpc) is 3.04. The van der Waals surface area contributed by atoms with E-state index in [1.54, 1.807) is 0 Å². The van der Waals surface area contributed by atoms with Crippen LogP contribution in [0.2, 0.25) is 0 Å². The van der Waals surface area contributed by atoms with Gasteiger partial charge in [0.25, 0.3) is 5.91 Å². The van der Waals surface area contributed by atoms with Crippen LogP contribution < -0.4 is 0 Å². The van der Waals surface area contributed by atoms with Gasteiger partial charge in [-0.1, -0.05) is 24.6 Å². The van der Waals surface area contributed by atoms with Crippen LogP contribution in [0.4, 0.5) is 0 Å². The number of hydrogen-bond donors (Lipinski definition) is 0. The largest absolute Gasteiger partial charge is 0.376 e. The zero-order valence-electron chi connectivity index (χ0n) is 17.0. The molecule has 1 spiro atoms. The molecule has 1 aromatic carbocycles. The summed E-state index contributed by atoms with van der Waals surface area (Å²) in [5.74, 6) is 1.01. The molecule has 0 aliphatic carbocycles. The number of amides is 1. The summed E-state index contributed by atoms with van der Waals surface area (Å²) >= 11 is 0. The minimum Gasteiger partial charge on any atom is -0.376 e. The lowest BCUT2D eigenvalue weighted by Crippen LogP contribution is -2.44. The van der Waals surface area contributed by atoms with Crippen LogP contribution in [-0.2, 0) is 4.74 Å². The van der Waals surface area contributed by atoms with E-state index in [0.717, 1.165) is 56.1 Å². The van der Waals surface area contributed by atoms with Gasteiger partial charge in [-0.15, -0.1) is 0 Å². The van der Waals surface area contributed by atoms with Gasteiger partial charge in [0.15, 0.2) is 0 Å². The number of ether oxygens (including phenoxy) is 1. The number of carbonyl (C=O) groups is 1. The van der Waals surface area contributed by atoms with E-state index in [-0.39, 0.29) is 5.91 Å². The Labute approximate surface area is 163 Å². The van der Waals surface area contributed by atoms with Gasteiger partial charge in [0.1, 0.15) is 0 Å². The van der Waals surface area contributed by atoms with E-state index in [1.807, 2.05) is 36.1 Å². The van der Waals surface area contributed by atoms with Crippen molar-refractivity contribution in [2.75, 3.05) is 39.3 Å². The summed E-state index contributed by atoms with van der Waals surface area (Å²) in [6.45, 7) is 10.6. The van der Waals surface area contributed by atoms with Gasteiger partial charge in [-0.25, -0.2) is 0 Å². The molecule has 1 aromatic rings. The van der Waals surface area contributed by atoms with Gasteiger partial charge in [-0.2, -0.15) is 0 Å². The molecule has 0 N–H and O–H groups in total. The number of benzene rings is 1. The van der Waals surface area contributed by atoms with E-state index in [9.17, 15) is 4.79 Å². The van der Waals surface area contributed by atoms with Gasteiger partial charge in [-0.05, 0) is 69.0 Å². The molecule has 27 heavy (non-hydrogen) atoms. The summed E-state index contributed by atoms with van der Waals surface area (Å²) in [5, 5.41) is 0. The Morgan fingerprint density at radius 2 is 2.07 bits per heavy atom. The van der Waals surface area contributed by atoms with Crippen molar-refractivity contribution in [2.24, 2.45) is 11.3 Å². The minimum absolute atomic E-state index is 0.186. The summed E-state index contributed by atoms with van der Waals surface area (Å²) in [7, 11) is 0. The Balaban J connectivity index is 1.29. The highest BCUT2D eigenvalue weighted by Crippen LogP contribution is 2.42. The molecule has 148 valence electrons. The first kappa shape index (κ1) is 18.9. The summed E-state index contributed by atoms with van der Waals surface area (Å²) in [5.41, 5.74) is 2.27. The second-order valence-corrected chi connectivity index (χ2v) is 9.31. The van der Waals surface area contributed by atoms with Crippen LogP contribution in [0.5, 0.6) is 0 Å². The molecule has 4 heteroatoms. The average molecular weight is 371 g/mol. The first-order valence-corrected chi connectivity index (χ1v) is 10.7. The molecule has 0 saturated carbocycles. The molecule has 4 nitrogen and oxygen atoms in total. The highest BCUT2D eigenvalue weighted by Gasteiger charge is 2.43. The SMILES string of the molecule is Cc1cccc(C(=O)N2CCC3(CC2)CO[C@@H](CN2CCC[C@@H](C)C2)C3)c1. The first-order chi connectivity index (χ1) is 13.0. The normalized spacial score (nSPS) is 28.6. The van der Waals surface area contributed by atoms with Crippen LogP contribution in [-0.4, -0.2) is 61.1 Å². The molecular weight excluding hydrogens is 336 g/mol. The number of likely N-dealkylation sites (tertiary alicyclic amines) is 2. The van der Waals surface area contributed by atoms with Crippen molar-refractivity contribution < 1.29 is 9.53 Å². The number of nitrogens with zero attached hydrogens (tertiary/aromatic N) is 2. The van der Waals surface area contributed by atoms with Gasteiger partial charge in [-0.3, -0.25) is 4.79 Å². The lowest BCUT2D eigenvalue weighted by atomic mass is 9.76. The molecule has 0 unspecified atom stereocenters. The smallest absolute Gasteiger partial charge is 0.253 e. The summed E-state index contributed by atoms with van der Waals surface area (Å²) < 4.78 is 6.24. The Kier molecular flexibility index (Phi) is 5.56. The van der Waals surface area contributed by atoms with Gasteiger partial charge in [0, 0.05) is 31.7 Å². The van der Waals surface area contributed by atoms with E-state index >= 15 is 0 Å². The molecule has 3 aliphatic rings. The Bertz CT molecular complexity index is 666. The number of carbonyl (C=O) groups excluding carboxylic acids is 1. The van der Waals surface area contributed by atoms with Gasteiger partial charge in [0.2, 0.25) is 0 Å². The second-order valence-electron chi connectivity index (χ2n) is 9.31. The molecule has 0 bridgehead atoms. The topological polar surface area (TPSA) is 32.8 Å². The molecule has 1 amide bonds. The van der Waals surface area contributed by atoms with Crippen molar-refractivity contribution in [1.82, 2.24) is 9.80 Å². The second kappa shape index (κ2) is 7.92. The standard InChI is InChI=1S/C23H34N2O2/c1-18-5-3-7-20(13-18)22(26)25-11-8-23(9-12-25)14-21(27-17-23)16-24-10-4-6-19(2)15-24/h3,5,7,13,19,21H,4,6,8-12,14-17H2,1-2H3/t19-,21-/m1/s1. The van der Waals surface area contributed by atoms with Gasteiger partial charge in [0.05, 0.1) is 12.7 Å². The van der Waals surface area contributed by atoms with Crippen LogP contribution in [0.1, 0.15) is 54.9 Å². The van der Waals surface area contributed by atoms with Crippen molar-refractivity contribution in [3.63, 3.8) is 0 Å².